The normalized spacial score (nSPS) is 33.1. The van der Waals surface area contributed by atoms with Crippen LogP contribution in [0.1, 0.15) is 5.56 Å². The Morgan fingerprint density at radius 2 is 1.90 bits per heavy atom. The average Bonchev–Trinajstić information content (AvgIpc) is 2.49. The van der Waals surface area contributed by atoms with E-state index in [-0.39, 0.29) is 12.4 Å². The Morgan fingerprint density at radius 3 is 2.48 bits per heavy atom. The number of aliphatic hydroxyl groups is 3. The molecule has 0 radical (unpaired) electrons. The molecule has 1 heterocycles. The molecule has 1 aliphatic rings. The molecule has 0 aromatic heterocycles. The predicted octanol–water partition coefficient (Wildman–Crippen LogP) is -0.631. The Kier molecular flexibility index (Phi) is 5.63. The van der Waals surface area contributed by atoms with Gasteiger partial charge < -0.3 is 30.1 Å². The summed E-state index contributed by atoms with van der Waals surface area (Å²) in [6, 6.07) is 5.16. The maximum Gasteiger partial charge on any atom is 0.185 e. The van der Waals surface area contributed by atoms with Crippen molar-refractivity contribution in [2.75, 3.05) is 13.7 Å². The first-order chi connectivity index (χ1) is 10.1. The minimum absolute atomic E-state index is 0.327. The van der Waals surface area contributed by atoms with Crippen molar-refractivity contribution in [1.82, 2.24) is 5.32 Å². The first kappa shape index (κ1) is 16.3. The molecule has 0 aliphatic carbocycles. The van der Waals surface area contributed by atoms with Crippen molar-refractivity contribution in [1.29, 1.82) is 0 Å². The van der Waals surface area contributed by atoms with Crippen molar-refractivity contribution < 1.29 is 29.2 Å². The lowest BCUT2D eigenvalue weighted by molar-refractivity contribution is -0.271. The van der Waals surface area contributed by atoms with Crippen LogP contribution in [0.5, 0.6) is 0 Å². The number of methoxy groups -OCH3 is 1. The maximum absolute atomic E-state index is 12.8. The van der Waals surface area contributed by atoms with E-state index in [0.717, 1.165) is 5.56 Å². The molecule has 21 heavy (non-hydrogen) atoms. The zero-order valence-electron chi connectivity index (χ0n) is 11.6. The van der Waals surface area contributed by atoms with Gasteiger partial charge in [-0.2, -0.15) is 0 Å². The van der Waals surface area contributed by atoms with Crippen LogP contribution in [0.15, 0.2) is 24.3 Å². The van der Waals surface area contributed by atoms with E-state index in [1.54, 1.807) is 12.1 Å². The smallest absolute Gasteiger partial charge is 0.185 e. The molecular weight excluding hydrogens is 281 g/mol. The number of hydrogen-bond acceptors (Lipinski definition) is 6. The van der Waals surface area contributed by atoms with Crippen molar-refractivity contribution in [2.24, 2.45) is 0 Å². The third-order valence-electron chi connectivity index (χ3n) is 3.57. The second kappa shape index (κ2) is 7.26. The summed E-state index contributed by atoms with van der Waals surface area (Å²) in [7, 11) is 1.37. The largest absolute Gasteiger partial charge is 0.394 e. The summed E-state index contributed by atoms with van der Waals surface area (Å²) >= 11 is 0. The Hall–Kier alpha value is -1.09. The van der Waals surface area contributed by atoms with E-state index in [2.05, 4.69) is 5.32 Å². The summed E-state index contributed by atoms with van der Waals surface area (Å²) in [6.07, 6.45) is -3.95. The summed E-state index contributed by atoms with van der Waals surface area (Å²) in [6.45, 7) is -0.0594. The molecule has 0 saturated carbocycles. The van der Waals surface area contributed by atoms with Crippen LogP contribution in [0.4, 0.5) is 4.39 Å². The van der Waals surface area contributed by atoms with Crippen LogP contribution in [0.25, 0.3) is 0 Å². The highest BCUT2D eigenvalue weighted by Gasteiger charge is 2.44. The summed E-state index contributed by atoms with van der Waals surface area (Å²) in [5, 5.41) is 32.4. The van der Waals surface area contributed by atoms with Crippen LogP contribution in [-0.4, -0.2) is 59.7 Å². The van der Waals surface area contributed by atoms with Gasteiger partial charge in [0.15, 0.2) is 6.29 Å². The molecule has 0 spiro atoms. The van der Waals surface area contributed by atoms with Crippen LogP contribution < -0.4 is 5.32 Å². The Balaban J connectivity index is 2.02. The zero-order valence-corrected chi connectivity index (χ0v) is 11.6. The van der Waals surface area contributed by atoms with Gasteiger partial charge in [-0.1, -0.05) is 12.1 Å². The zero-order chi connectivity index (χ0) is 15.4. The molecule has 1 aliphatic heterocycles. The van der Waals surface area contributed by atoms with E-state index >= 15 is 0 Å². The lowest BCUT2D eigenvalue weighted by Gasteiger charge is -2.42. The fourth-order valence-electron chi connectivity index (χ4n) is 2.36. The molecule has 0 amide bonds. The van der Waals surface area contributed by atoms with E-state index in [1.807, 2.05) is 0 Å². The summed E-state index contributed by atoms with van der Waals surface area (Å²) in [5.74, 6) is -0.329. The van der Waals surface area contributed by atoms with Gasteiger partial charge in [0, 0.05) is 13.7 Å². The molecule has 1 fully saturated rings. The lowest BCUT2D eigenvalue weighted by Crippen LogP contribution is -2.63. The SMILES string of the molecule is CO[C@H]1O[C@H](CO)[C@@H](O)[C@@H](NCc2ccc(F)cc2)[C@@H]1O. The van der Waals surface area contributed by atoms with Crippen LogP contribution >= 0.6 is 0 Å². The van der Waals surface area contributed by atoms with Gasteiger partial charge in [0.05, 0.1) is 12.6 Å². The fourth-order valence-corrected chi connectivity index (χ4v) is 2.36. The molecule has 0 bridgehead atoms. The lowest BCUT2D eigenvalue weighted by atomic mass is 9.96. The third kappa shape index (κ3) is 3.76. The quantitative estimate of drug-likeness (QED) is 0.579. The highest BCUT2D eigenvalue weighted by atomic mass is 19.1. The number of nitrogens with one attached hydrogen (secondary N) is 1. The Bertz CT molecular complexity index is 427. The van der Waals surface area contributed by atoms with E-state index < -0.39 is 30.6 Å². The minimum Gasteiger partial charge on any atom is -0.394 e. The van der Waals surface area contributed by atoms with Crippen molar-refractivity contribution in [3.63, 3.8) is 0 Å². The van der Waals surface area contributed by atoms with Crippen LogP contribution in [0, 0.1) is 5.82 Å². The van der Waals surface area contributed by atoms with Crippen molar-refractivity contribution in [3.05, 3.63) is 35.6 Å². The Morgan fingerprint density at radius 1 is 1.24 bits per heavy atom. The van der Waals surface area contributed by atoms with Gasteiger partial charge in [0.2, 0.25) is 0 Å². The molecular formula is C14H20FNO5. The number of halogens is 1. The van der Waals surface area contributed by atoms with E-state index in [9.17, 15) is 19.7 Å². The van der Waals surface area contributed by atoms with E-state index in [0.29, 0.717) is 6.54 Å². The molecule has 1 aromatic rings. The molecule has 5 atom stereocenters. The summed E-state index contributed by atoms with van der Waals surface area (Å²) in [5.41, 5.74) is 0.803. The molecule has 6 nitrogen and oxygen atoms in total. The summed E-state index contributed by atoms with van der Waals surface area (Å²) in [4.78, 5) is 0. The third-order valence-corrected chi connectivity index (χ3v) is 3.57. The number of aliphatic hydroxyl groups excluding tert-OH is 3. The van der Waals surface area contributed by atoms with Crippen LogP contribution in [0.3, 0.4) is 0 Å². The van der Waals surface area contributed by atoms with Crippen LogP contribution in [0.2, 0.25) is 0 Å². The van der Waals surface area contributed by atoms with Crippen molar-refractivity contribution in [2.45, 2.75) is 37.2 Å². The maximum atomic E-state index is 12.8. The molecule has 2 rings (SSSR count). The summed E-state index contributed by atoms with van der Waals surface area (Å²) < 4.78 is 23.1. The molecule has 118 valence electrons. The first-order valence-corrected chi connectivity index (χ1v) is 6.70. The predicted molar refractivity (Wildman–Crippen MR) is 71.8 cm³/mol. The van der Waals surface area contributed by atoms with Crippen molar-refractivity contribution in [3.8, 4) is 0 Å². The molecule has 4 N–H and O–H groups in total. The monoisotopic (exact) mass is 301 g/mol. The second-order valence-corrected chi connectivity index (χ2v) is 4.98. The van der Waals surface area contributed by atoms with Gasteiger partial charge in [-0.05, 0) is 17.7 Å². The van der Waals surface area contributed by atoms with Gasteiger partial charge in [-0.15, -0.1) is 0 Å². The van der Waals surface area contributed by atoms with Crippen LogP contribution in [-0.2, 0) is 16.0 Å². The van der Waals surface area contributed by atoms with Gasteiger partial charge in [-0.25, -0.2) is 4.39 Å². The van der Waals surface area contributed by atoms with Gasteiger partial charge >= 0.3 is 0 Å². The standard InChI is InChI=1S/C14H20FNO5/c1-20-14-13(19)11(12(18)10(7-17)21-14)16-6-8-2-4-9(15)5-3-8/h2-5,10-14,16-19H,6-7H2,1H3/t10-,11-,12-,13+,14+/m1/s1. The van der Waals surface area contributed by atoms with Gasteiger partial charge in [0.1, 0.15) is 24.1 Å². The van der Waals surface area contributed by atoms with Gasteiger partial charge in [0.25, 0.3) is 0 Å². The fraction of sp³-hybridized carbons (Fsp3) is 0.571. The van der Waals surface area contributed by atoms with Crippen molar-refractivity contribution >= 4 is 0 Å². The number of benzene rings is 1. The average molecular weight is 301 g/mol. The Labute approximate surface area is 122 Å². The molecule has 7 heteroatoms. The highest BCUT2D eigenvalue weighted by molar-refractivity contribution is 5.16. The van der Waals surface area contributed by atoms with E-state index in [1.165, 1.54) is 19.2 Å². The molecule has 0 unspecified atom stereocenters. The molecule has 1 aromatic carbocycles. The second-order valence-electron chi connectivity index (χ2n) is 4.98. The van der Waals surface area contributed by atoms with Gasteiger partial charge in [-0.3, -0.25) is 0 Å². The first-order valence-electron chi connectivity index (χ1n) is 6.70. The highest BCUT2D eigenvalue weighted by Crippen LogP contribution is 2.22. The molecule has 1 saturated heterocycles. The number of ether oxygens (including phenoxy) is 2. The van der Waals surface area contributed by atoms with E-state index in [4.69, 9.17) is 9.47 Å². The number of hydrogen-bond donors (Lipinski definition) is 4. The minimum atomic E-state index is -1.09. The number of rotatable bonds is 5. The topological polar surface area (TPSA) is 91.2 Å².